The van der Waals surface area contributed by atoms with Crippen LogP contribution >= 0.6 is 11.8 Å². The molecule has 0 aliphatic carbocycles. The topological polar surface area (TPSA) is 134 Å². The summed E-state index contributed by atoms with van der Waals surface area (Å²) in [5.41, 5.74) is 2.31. The number of nitrogens with one attached hydrogen (secondary N) is 2. The molecule has 0 aliphatic rings. The summed E-state index contributed by atoms with van der Waals surface area (Å²) in [6.07, 6.45) is 1.34. The Balaban J connectivity index is 1.73. The maximum atomic E-state index is 12.2. The van der Waals surface area contributed by atoms with Gasteiger partial charge in [0.25, 0.3) is 11.5 Å². The highest BCUT2D eigenvalue weighted by atomic mass is 32.2. The van der Waals surface area contributed by atoms with E-state index in [1.165, 1.54) is 30.9 Å². The summed E-state index contributed by atoms with van der Waals surface area (Å²) in [5, 5.41) is 13.2. The van der Waals surface area contributed by atoms with Gasteiger partial charge in [-0.3, -0.25) is 18.7 Å². The fraction of sp³-hybridized carbons (Fsp3) is 0.235. The second-order valence-electron chi connectivity index (χ2n) is 6.00. The SMILES string of the molecule is C[C@H](Sc1nc2c([nH]1)c(=O)n(C)c(=O)n2C)C(=O)N/N=C/c1ccccc1O. The van der Waals surface area contributed by atoms with E-state index in [9.17, 15) is 19.5 Å². The molecule has 3 rings (SSSR count). The first-order valence-corrected chi connectivity index (χ1v) is 9.11. The molecular weight excluding hydrogens is 384 g/mol. The molecule has 1 aromatic carbocycles. The molecule has 0 fully saturated rings. The van der Waals surface area contributed by atoms with Crippen molar-refractivity contribution in [2.24, 2.45) is 19.2 Å². The minimum atomic E-state index is -0.581. The lowest BCUT2D eigenvalue weighted by molar-refractivity contribution is -0.120. The molecule has 0 aliphatic heterocycles. The van der Waals surface area contributed by atoms with E-state index in [2.05, 4.69) is 20.5 Å². The van der Waals surface area contributed by atoms with Crippen molar-refractivity contribution in [1.29, 1.82) is 0 Å². The highest BCUT2D eigenvalue weighted by Crippen LogP contribution is 2.21. The van der Waals surface area contributed by atoms with Crippen molar-refractivity contribution >= 4 is 35.0 Å². The van der Waals surface area contributed by atoms with Gasteiger partial charge in [-0.05, 0) is 19.1 Å². The van der Waals surface area contributed by atoms with E-state index in [0.717, 1.165) is 16.3 Å². The summed E-state index contributed by atoms with van der Waals surface area (Å²) >= 11 is 1.09. The predicted molar refractivity (Wildman–Crippen MR) is 106 cm³/mol. The highest BCUT2D eigenvalue weighted by Gasteiger charge is 2.19. The second-order valence-corrected chi connectivity index (χ2v) is 7.33. The zero-order chi connectivity index (χ0) is 20.4. The van der Waals surface area contributed by atoms with Gasteiger partial charge in [0.2, 0.25) is 0 Å². The number of amides is 1. The number of phenols is 1. The van der Waals surface area contributed by atoms with E-state index in [4.69, 9.17) is 0 Å². The summed E-state index contributed by atoms with van der Waals surface area (Å²) in [6, 6.07) is 6.59. The maximum Gasteiger partial charge on any atom is 0.332 e. The number of nitrogens with zero attached hydrogens (tertiary/aromatic N) is 4. The van der Waals surface area contributed by atoms with Crippen LogP contribution in [0.3, 0.4) is 0 Å². The third-order valence-corrected chi connectivity index (χ3v) is 5.03. The third kappa shape index (κ3) is 3.69. The van der Waals surface area contributed by atoms with E-state index >= 15 is 0 Å². The number of aryl methyl sites for hydroxylation is 1. The fourth-order valence-electron chi connectivity index (χ4n) is 2.43. The molecule has 2 heterocycles. The first kappa shape index (κ1) is 19.4. The summed E-state index contributed by atoms with van der Waals surface area (Å²) in [5.74, 6) is -0.337. The van der Waals surface area contributed by atoms with Crippen molar-refractivity contribution in [3.05, 3.63) is 50.7 Å². The molecule has 0 radical (unpaired) electrons. The molecule has 3 aromatic rings. The zero-order valence-electron chi connectivity index (χ0n) is 15.3. The van der Waals surface area contributed by atoms with Gasteiger partial charge in [-0.25, -0.2) is 15.2 Å². The van der Waals surface area contributed by atoms with Gasteiger partial charge in [0.15, 0.2) is 16.3 Å². The van der Waals surface area contributed by atoms with Gasteiger partial charge in [-0.1, -0.05) is 23.9 Å². The monoisotopic (exact) mass is 402 g/mol. The molecule has 1 atom stereocenters. The first-order chi connectivity index (χ1) is 13.3. The molecule has 0 saturated heterocycles. The van der Waals surface area contributed by atoms with Crippen molar-refractivity contribution in [3.8, 4) is 5.75 Å². The number of hydrazone groups is 1. The van der Waals surface area contributed by atoms with Crippen LogP contribution in [-0.4, -0.2) is 41.6 Å². The van der Waals surface area contributed by atoms with Gasteiger partial charge >= 0.3 is 5.69 Å². The summed E-state index contributed by atoms with van der Waals surface area (Å²) in [4.78, 5) is 43.5. The number of fused-ring (bicyclic) bond motifs is 1. The van der Waals surface area contributed by atoms with Gasteiger partial charge in [-0.15, -0.1) is 0 Å². The maximum absolute atomic E-state index is 12.2. The Morgan fingerprint density at radius 1 is 1.32 bits per heavy atom. The molecule has 11 heteroatoms. The van der Waals surface area contributed by atoms with Crippen molar-refractivity contribution in [2.45, 2.75) is 17.3 Å². The number of hydrogen-bond acceptors (Lipinski definition) is 7. The predicted octanol–water partition coefficient (Wildman–Crippen LogP) is 0.297. The van der Waals surface area contributed by atoms with E-state index in [1.807, 2.05) is 0 Å². The van der Waals surface area contributed by atoms with Crippen molar-refractivity contribution in [3.63, 3.8) is 0 Å². The van der Waals surface area contributed by atoms with Gasteiger partial charge in [-0.2, -0.15) is 5.10 Å². The molecule has 0 spiro atoms. The number of para-hydroxylation sites is 1. The van der Waals surface area contributed by atoms with E-state index in [-0.39, 0.29) is 22.8 Å². The molecule has 2 aromatic heterocycles. The van der Waals surface area contributed by atoms with Gasteiger partial charge in [0.1, 0.15) is 5.75 Å². The average molecular weight is 402 g/mol. The quantitative estimate of drug-likeness (QED) is 0.319. The zero-order valence-corrected chi connectivity index (χ0v) is 16.1. The number of aromatic nitrogens is 4. The number of H-pyrrole nitrogens is 1. The molecule has 28 heavy (non-hydrogen) atoms. The number of aromatic hydroxyl groups is 1. The van der Waals surface area contributed by atoms with Crippen molar-refractivity contribution in [2.75, 3.05) is 0 Å². The van der Waals surface area contributed by atoms with Crippen molar-refractivity contribution < 1.29 is 9.90 Å². The molecule has 146 valence electrons. The van der Waals surface area contributed by atoms with Crippen LogP contribution in [0, 0.1) is 0 Å². The number of hydrogen-bond donors (Lipinski definition) is 3. The number of imidazole rings is 1. The highest BCUT2D eigenvalue weighted by molar-refractivity contribution is 8.00. The van der Waals surface area contributed by atoms with Crippen LogP contribution in [0.2, 0.25) is 0 Å². The number of rotatable bonds is 5. The Labute approximate surface area is 162 Å². The fourth-order valence-corrected chi connectivity index (χ4v) is 3.23. The van der Waals surface area contributed by atoms with Crippen LogP contribution in [0.4, 0.5) is 0 Å². The minimum absolute atomic E-state index is 0.0531. The Bertz CT molecular complexity index is 1190. The standard InChI is InChI=1S/C17H18N6O4S/c1-9(14(25)21-18-8-10-6-4-5-7-11(10)24)28-16-19-12-13(20-16)22(2)17(27)23(3)15(12)26/h4-9,24H,1-3H3,(H,19,20)(H,21,25)/b18-8+/t9-/m0/s1. The number of phenolic OH excluding ortho intramolecular Hbond substituents is 1. The van der Waals surface area contributed by atoms with Crippen LogP contribution in [0.5, 0.6) is 5.75 Å². The molecule has 10 nitrogen and oxygen atoms in total. The Morgan fingerprint density at radius 2 is 2.04 bits per heavy atom. The Morgan fingerprint density at radius 3 is 2.75 bits per heavy atom. The molecule has 1 amide bonds. The largest absolute Gasteiger partial charge is 0.507 e. The van der Waals surface area contributed by atoms with E-state index in [0.29, 0.717) is 10.7 Å². The van der Waals surface area contributed by atoms with E-state index < -0.39 is 16.5 Å². The van der Waals surface area contributed by atoms with Crippen LogP contribution in [-0.2, 0) is 18.9 Å². The van der Waals surface area contributed by atoms with Crippen LogP contribution in [0.1, 0.15) is 12.5 Å². The van der Waals surface area contributed by atoms with Crippen LogP contribution < -0.4 is 16.7 Å². The van der Waals surface area contributed by atoms with E-state index in [1.54, 1.807) is 25.1 Å². The number of carbonyl (C=O) groups excluding carboxylic acids is 1. The Kier molecular flexibility index (Phi) is 5.36. The molecule has 0 unspecified atom stereocenters. The van der Waals surface area contributed by atoms with Gasteiger partial charge in [0.05, 0.1) is 11.5 Å². The third-order valence-electron chi connectivity index (χ3n) is 4.05. The molecule has 0 saturated carbocycles. The second kappa shape index (κ2) is 7.72. The lowest BCUT2D eigenvalue weighted by atomic mass is 10.2. The first-order valence-electron chi connectivity index (χ1n) is 8.23. The summed E-state index contributed by atoms with van der Waals surface area (Å²) in [6.45, 7) is 1.65. The number of benzene rings is 1. The number of aromatic amines is 1. The summed E-state index contributed by atoms with van der Waals surface area (Å²) < 4.78 is 2.25. The summed E-state index contributed by atoms with van der Waals surface area (Å²) in [7, 11) is 2.90. The average Bonchev–Trinajstić information content (AvgIpc) is 3.10. The van der Waals surface area contributed by atoms with Crippen LogP contribution in [0.25, 0.3) is 11.2 Å². The van der Waals surface area contributed by atoms with Gasteiger partial charge < -0.3 is 10.1 Å². The Hall–Kier alpha value is -3.34. The van der Waals surface area contributed by atoms with Crippen LogP contribution in [0.15, 0.2) is 44.1 Å². The molecule has 3 N–H and O–H groups in total. The number of carbonyl (C=O) groups is 1. The molecular formula is C17H18N6O4S. The minimum Gasteiger partial charge on any atom is -0.507 e. The van der Waals surface area contributed by atoms with Gasteiger partial charge in [0, 0.05) is 19.7 Å². The smallest absolute Gasteiger partial charge is 0.332 e. The lowest BCUT2D eigenvalue weighted by Crippen LogP contribution is -2.36. The molecule has 0 bridgehead atoms. The normalized spacial score (nSPS) is 12.5. The lowest BCUT2D eigenvalue weighted by Gasteiger charge is -2.06. The number of thioether (sulfide) groups is 1. The van der Waals surface area contributed by atoms with Crippen molar-refractivity contribution in [1.82, 2.24) is 24.5 Å².